The van der Waals surface area contributed by atoms with E-state index in [2.05, 4.69) is 14.9 Å². The van der Waals surface area contributed by atoms with Gasteiger partial charge >= 0.3 is 0 Å². The second-order valence-corrected chi connectivity index (χ2v) is 16.6. The fraction of sp³-hybridized carbons (Fsp3) is 0.139. The van der Waals surface area contributed by atoms with Crippen LogP contribution in [0.4, 0.5) is 5.69 Å². The number of nitrogens with one attached hydrogen (secondary N) is 1. The van der Waals surface area contributed by atoms with Crippen molar-refractivity contribution in [3.63, 3.8) is 0 Å². The standard InChI is InChI=1S/C36H31ClN6O5S3/c37-32-15-6-7-16-33(32)40-50(45,46)30-14-8-11-28(24-30)35-38-39-36(43(35)29-12-2-1-3-13-29)49-25-34(44)41-19-21-42(22-20-41)51(47,48)31-18-17-26-9-4-5-10-27(26)23-31/h1-18,23-24,40H,19-22,25H2. The summed E-state index contributed by atoms with van der Waals surface area (Å²) in [7, 11) is -7.72. The van der Waals surface area contributed by atoms with Crippen LogP contribution in [0.5, 0.6) is 0 Å². The van der Waals surface area contributed by atoms with Crippen molar-refractivity contribution < 1.29 is 21.6 Å². The number of nitrogens with zero attached hydrogens (tertiary/aromatic N) is 5. The summed E-state index contributed by atoms with van der Waals surface area (Å²) < 4.78 is 59.3. The molecule has 0 saturated carbocycles. The molecule has 0 atom stereocenters. The van der Waals surface area contributed by atoms with E-state index >= 15 is 0 Å². The number of hydrogen-bond donors (Lipinski definition) is 1. The first-order valence-electron chi connectivity index (χ1n) is 15.9. The first kappa shape index (κ1) is 34.7. The third kappa shape index (κ3) is 7.37. The Morgan fingerprint density at radius 1 is 0.725 bits per heavy atom. The molecule has 2 heterocycles. The molecule has 260 valence electrons. The Labute approximate surface area is 305 Å². The predicted molar refractivity (Wildman–Crippen MR) is 199 cm³/mol. The second-order valence-electron chi connectivity index (χ2n) is 11.7. The number of thioether (sulfide) groups is 1. The molecule has 15 heteroatoms. The molecule has 1 aromatic heterocycles. The zero-order valence-electron chi connectivity index (χ0n) is 27.0. The van der Waals surface area contributed by atoms with Crippen LogP contribution in [0.25, 0.3) is 27.8 Å². The van der Waals surface area contributed by atoms with Crippen LogP contribution in [0, 0.1) is 0 Å². The van der Waals surface area contributed by atoms with Gasteiger partial charge in [-0.1, -0.05) is 96.2 Å². The average molecular weight is 759 g/mol. The zero-order valence-corrected chi connectivity index (χ0v) is 30.2. The summed E-state index contributed by atoms with van der Waals surface area (Å²) in [5.41, 5.74) is 1.48. The van der Waals surface area contributed by atoms with Crippen molar-refractivity contribution in [3.05, 3.63) is 126 Å². The number of rotatable bonds is 10. The van der Waals surface area contributed by atoms with Crippen molar-refractivity contribution in [3.8, 4) is 17.1 Å². The van der Waals surface area contributed by atoms with Crippen molar-refractivity contribution in [1.82, 2.24) is 24.0 Å². The van der Waals surface area contributed by atoms with Gasteiger partial charge in [-0.05, 0) is 59.3 Å². The largest absolute Gasteiger partial charge is 0.339 e. The van der Waals surface area contributed by atoms with Gasteiger partial charge in [-0.2, -0.15) is 4.31 Å². The third-order valence-electron chi connectivity index (χ3n) is 8.44. The van der Waals surface area contributed by atoms with Crippen molar-refractivity contribution in [1.29, 1.82) is 0 Å². The van der Waals surface area contributed by atoms with Crippen LogP contribution in [0.2, 0.25) is 5.02 Å². The molecule has 1 amide bonds. The van der Waals surface area contributed by atoms with E-state index in [-0.39, 0.29) is 58.3 Å². The monoisotopic (exact) mass is 758 g/mol. The summed E-state index contributed by atoms with van der Waals surface area (Å²) in [6, 6.07) is 35.0. The highest BCUT2D eigenvalue weighted by Crippen LogP contribution is 2.31. The molecular weight excluding hydrogens is 728 g/mol. The number of hydrogen-bond acceptors (Lipinski definition) is 8. The number of sulfonamides is 2. The van der Waals surface area contributed by atoms with E-state index in [1.165, 1.54) is 28.2 Å². The van der Waals surface area contributed by atoms with Gasteiger partial charge in [0.2, 0.25) is 15.9 Å². The molecule has 0 radical (unpaired) electrons. The summed E-state index contributed by atoms with van der Waals surface area (Å²) >= 11 is 7.39. The van der Waals surface area contributed by atoms with Gasteiger partial charge in [-0.25, -0.2) is 16.8 Å². The lowest BCUT2D eigenvalue weighted by atomic mass is 10.1. The minimum atomic E-state index is -4.00. The highest BCUT2D eigenvalue weighted by atomic mass is 35.5. The maximum atomic E-state index is 13.4. The molecular formula is C36H31ClN6O5S3. The topological polar surface area (TPSA) is 135 Å². The van der Waals surface area contributed by atoms with Crippen molar-refractivity contribution >= 4 is 65.8 Å². The van der Waals surface area contributed by atoms with Crippen LogP contribution in [0.1, 0.15) is 0 Å². The van der Waals surface area contributed by atoms with E-state index in [0.29, 0.717) is 16.5 Å². The van der Waals surface area contributed by atoms with Gasteiger partial charge in [0.25, 0.3) is 10.0 Å². The molecule has 7 rings (SSSR count). The van der Waals surface area contributed by atoms with E-state index in [9.17, 15) is 21.6 Å². The SMILES string of the molecule is O=C(CSc1nnc(-c2cccc(S(=O)(=O)Nc3ccccc3Cl)c2)n1-c1ccccc1)N1CCN(S(=O)(=O)c2ccc3ccccc3c2)CC1. The van der Waals surface area contributed by atoms with E-state index in [1.807, 2.05) is 54.6 Å². The van der Waals surface area contributed by atoms with E-state index in [1.54, 1.807) is 64.1 Å². The van der Waals surface area contributed by atoms with Crippen LogP contribution >= 0.6 is 23.4 Å². The van der Waals surface area contributed by atoms with Crippen molar-refractivity contribution in [2.45, 2.75) is 14.9 Å². The molecule has 0 aliphatic carbocycles. The minimum Gasteiger partial charge on any atom is -0.339 e. The zero-order chi connectivity index (χ0) is 35.6. The third-order valence-corrected chi connectivity index (χ3v) is 12.9. The number of carbonyl (C=O) groups is 1. The quantitative estimate of drug-likeness (QED) is 0.164. The maximum Gasteiger partial charge on any atom is 0.261 e. The summed E-state index contributed by atoms with van der Waals surface area (Å²) in [6.45, 7) is 0.875. The van der Waals surface area contributed by atoms with Gasteiger partial charge in [0.15, 0.2) is 11.0 Å². The number of amides is 1. The Hall–Kier alpha value is -4.73. The Morgan fingerprint density at radius 3 is 2.20 bits per heavy atom. The number of fused-ring (bicyclic) bond motifs is 1. The smallest absolute Gasteiger partial charge is 0.261 e. The first-order chi connectivity index (χ1) is 24.6. The lowest BCUT2D eigenvalue weighted by Crippen LogP contribution is -2.50. The molecule has 1 aliphatic rings. The molecule has 0 spiro atoms. The van der Waals surface area contributed by atoms with Crippen LogP contribution in [-0.2, 0) is 24.8 Å². The fourth-order valence-electron chi connectivity index (χ4n) is 5.78. The Balaban J connectivity index is 1.06. The van der Waals surface area contributed by atoms with E-state index in [0.717, 1.165) is 16.5 Å². The van der Waals surface area contributed by atoms with Crippen molar-refractivity contribution in [2.75, 3.05) is 36.7 Å². The molecule has 51 heavy (non-hydrogen) atoms. The predicted octanol–water partition coefficient (Wildman–Crippen LogP) is 6.17. The molecule has 1 N–H and O–H groups in total. The summed E-state index contributed by atoms with van der Waals surface area (Å²) in [4.78, 5) is 15.3. The van der Waals surface area contributed by atoms with Crippen LogP contribution in [0.15, 0.2) is 136 Å². The molecule has 11 nitrogen and oxygen atoms in total. The number of benzene rings is 5. The first-order valence-corrected chi connectivity index (χ1v) is 20.2. The van der Waals surface area contributed by atoms with Crippen LogP contribution < -0.4 is 4.72 Å². The molecule has 0 unspecified atom stereocenters. The number of piperazine rings is 1. The van der Waals surface area contributed by atoms with Gasteiger partial charge in [0, 0.05) is 37.4 Å². The Kier molecular flexibility index (Phi) is 9.86. The fourth-order valence-corrected chi connectivity index (χ4v) is 9.46. The van der Waals surface area contributed by atoms with Gasteiger partial charge in [-0.3, -0.25) is 14.1 Å². The summed E-state index contributed by atoms with van der Waals surface area (Å²) in [6.07, 6.45) is 0. The average Bonchev–Trinajstić information content (AvgIpc) is 3.59. The molecule has 5 aromatic carbocycles. The molecule has 1 aliphatic heterocycles. The van der Waals surface area contributed by atoms with Gasteiger partial charge in [-0.15, -0.1) is 10.2 Å². The second kappa shape index (κ2) is 14.5. The Bertz CT molecular complexity index is 2450. The number of halogens is 1. The van der Waals surface area contributed by atoms with Gasteiger partial charge in [0.05, 0.1) is 26.3 Å². The molecule has 0 bridgehead atoms. The number of aromatic nitrogens is 3. The normalized spacial score (nSPS) is 14.1. The molecule has 1 fully saturated rings. The van der Waals surface area contributed by atoms with E-state index in [4.69, 9.17) is 11.6 Å². The van der Waals surface area contributed by atoms with Gasteiger partial charge in [0.1, 0.15) is 0 Å². The maximum absolute atomic E-state index is 13.4. The highest BCUT2D eigenvalue weighted by Gasteiger charge is 2.31. The molecule has 1 saturated heterocycles. The number of anilines is 1. The van der Waals surface area contributed by atoms with Crippen molar-refractivity contribution in [2.24, 2.45) is 0 Å². The summed E-state index contributed by atoms with van der Waals surface area (Å²) in [5, 5.41) is 11.3. The van der Waals surface area contributed by atoms with Crippen LogP contribution in [-0.4, -0.2) is 78.6 Å². The number of carbonyl (C=O) groups excluding carboxylic acids is 1. The van der Waals surface area contributed by atoms with E-state index < -0.39 is 20.0 Å². The Morgan fingerprint density at radius 2 is 1.43 bits per heavy atom. The lowest BCUT2D eigenvalue weighted by molar-refractivity contribution is -0.129. The number of para-hydroxylation sites is 2. The van der Waals surface area contributed by atoms with Gasteiger partial charge < -0.3 is 4.90 Å². The summed E-state index contributed by atoms with van der Waals surface area (Å²) in [5.74, 6) is 0.266. The molecule has 6 aromatic rings. The highest BCUT2D eigenvalue weighted by molar-refractivity contribution is 7.99. The lowest BCUT2D eigenvalue weighted by Gasteiger charge is -2.34. The van der Waals surface area contributed by atoms with Crippen LogP contribution in [0.3, 0.4) is 0 Å². The minimum absolute atomic E-state index is 0.00804.